The van der Waals surface area contributed by atoms with Gasteiger partial charge in [0.05, 0.1) is 5.39 Å². The van der Waals surface area contributed by atoms with Crippen LogP contribution in [0.1, 0.15) is 10.5 Å². The third-order valence-corrected chi connectivity index (χ3v) is 1.71. The quantitative estimate of drug-likeness (QED) is 0.662. The number of carbonyl (C=O) groups is 1. The molecular weight excluding hydrogens is 186 g/mol. The molecule has 0 saturated heterocycles. The number of rotatable bonds is 1. The van der Waals surface area contributed by atoms with Gasteiger partial charge in [-0.3, -0.25) is 4.98 Å². The largest absolute Gasteiger partial charge is 0.477 e. The number of carboxylic acid groups (broad SMARTS) is 1. The van der Waals surface area contributed by atoms with Crippen LogP contribution in [0, 0.1) is 0 Å². The smallest absolute Gasteiger partial charge is 0.353 e. The van der Waals surface area contributed by atoms with Crippen molar-refractivity contribution in [3.05, 3.63) is 34.5 Å². The number of aromatic nitrogens is 3. The van der Waals surface area contributed by atoms with Crippen LogP contribution in [0.5, 0.6) is 0 Å². The first-order chi connectivity index (χ1) is 6.68. The maximum Gasteiger partial charge on any atom is 0.353 e. The van der Waals surface area contributed by atoms with Crippen LogP contribution in [-0.4, -0.2) is 26.0 Å². The van der Waals surface area contributed by atoms with Crippen LogP contribution in [-0.2, 0) is 0 Å². The Morgan fingerprint density at radius 3 is 3.00 bits per heavy atom. The SMILES string of the molecule is O=C(O)c1[nH]c(=O)nc2ncccc12. The highest BCUT2D eigenvalue weighted by Crippen LogP contribution is 2.09. The summed E-state index contributed by atoms with van der Waals surface area (Å²) in [4.78, 5) is 31.1. The van der Waals surface area contributed by atoms with E-state index in [0.717, 1.165) is 0 Å². The average Bonchev–Trinajstić information content (AvgIpc) is 2.16. The number of hydrogen-bond donors (Lipinski definition) is 2. The lowest BCUT2D eigenvalue weighted by Crippen LogP contribution is -2.16. The molecule has 0 aliphatic rings. The van der Waals surface area contributed by atoms with Crippen LogP contribution in [0.4, 0.5) is 0 Å². The lowest BCUT2D eigenvalue weighted by atomic mass is 10.2. The summed E-state index contributed by atoms with van der Waals surface area (Å²) in [6.45, 7) is 0. The molecule has 0 spiro atoms. The van der Waals surface area contributed by atoms with Crippen LogP contribution in [0.25, 0.3) is 11.0 Å². The number of H-pyrrole nitrogens is 1. The molecule has 2 aromatic rings. The number of fused-ring (bicyclic) bond motifs is 1. The summed E-state index contributed by atoms with van der Waals surface area (Å²) in [6, 6.07) is 3.11. The number of hydrogen-bond acceptors (Lipinski definition) is 4. The Balaban J connectivity index is 2.94. The molecule has 0 fully saturated rings. The number of carboxylic acids is 1. The highest BCUT2D eigenvalue weighted by atomic mass is 16.4. The average molecular weight is 191 g/mol. The monoisotopic (exact) mass is 191 g/mol. The predicted octanol–water partition coefficient (Wildman–Crippen LogP) is 0.0163. The van der Waals surface area contributed by atoms with Gasteiger partial charge in [0.2, 0.25) is 0 Å². The van der Waals surface area contributed by atoms with Gasteiger partial charge >= 0.3 is 11.7 Å². The first kappa shape index (κ1) is 8.36. The van der Waals surface area contributed by atoms with Crippen LogP contribution in [0.15, 0.2) is 23.1 Å². The summed E-state index contributed by atoms with van der Waals surface area (Å²) in [5, 5.41) is 9.10. The Hall–Kier alpha value is -2.24. The zero-order valence-corrected chi connectivity index (χ0v) is 6.89. The van der Waals surface area contributed by atoms with Gasteiger partial charge in [-0.05, 0) is 12.1 Å². The zero-order valence-electron chi connectivity index (χ0n) is 6.89. The minimum Gasteiger partial charge on any atom is -0.477 e. The molecule has 6 nitrogen and oxygen atoms in total. The van der Waals surface area contributed by atoms with Crippen LogP contribution in [0.2, 0.25) is 0 Å². The maximum atomic E-state index is 10.9. The Kier molecular flexibility index (Phi) is 1.74. The van der Waals surface area contributed by atoms with Gasteiger partial charge in [0, 0.05) is 6.20 Å². The van der Waals surface area contributed by atoms with Gasteiger partial charge in [-0.1, -0.05) is 0 Å². The van der Waals surface area contributed by atoms with E-state index in [-0.39, 0.29) is 11.3 Å². The molecule has 2 rings (SSSR count). The second-order valence-corrected chi connectivity index (χ2v) is 2.60. The molecule has 2 aromatic heterocycles. The normalized spacial score (nSPS) is 10.3. The molecule has 2 heterocycles. The standard InChI is InChI=1S/C8H5N3O3/c12-7(13)5-4-2-1-3-9-6(4)11-8(14)10-5/h1-3H,(H,12,13)(H,9,10,11,14). The third kappa shape index (κ3) is 1.22. The van der Waals surface area contributed by atoms with E-state index in [9.17, 15) is 9.59 Å². The Bertz CT molecular complexity index is 561. The summed E-state index contributed by atoms with van der Waals surface area (Å²) >= 11 is 0. The van der Waals surface area contributed by atoms with E-state index in [1.165, 1.54) is 12.3 Å². The van der Waals surface area contributed by atoms with Crippen LogP contribution < -0.4 is 5.69 Å². The number of pyridine rings is 1. The van der Waals surface area contributed by atoms with Crippen molar-refractivity contribution in [3.8, 4) is 0 Å². The molecule has 0 atom stereocenters. The molecule has 0 amide bonds. The van der Waals surface area contributed by atoms with Gasteiger partial charge in [-0.25, -0.2) is 14.6 Å². The molecule has 2 N–H and O–H groups in total. The summed E-state index contributed by atoms with van der Waals surface area (Å²) in [5.41, 5.74) is -0.768. The van der Waals surface area contributed by atoms with Gasteiger partial charge in [0.1, 0.15) is 5.69 Å². The zero-order chi connectivity index (χ0) is 10.1. The molecule has 6 heteroatoms. The van der Waals surface area contributed by atoms with Crippen molar-refractivity contribution in [2.24, 2.45) is 0 Å². The fourth-order valence-corrected chi connectivity index (χ4v) is 1.15. The lowest BCUT2D eigenvalue weighted by molar-refractivity contribution is 0.0692. The summed E-state index contributed by atoms with van der Waals surface area (Å²) < 4.78 is 0. The van der Waals surface area contributed by atoms with E-state index >= 15 is 0 Å². The maximum absolute atomic E-state index is 10.9. The van der Waals surface area contributed by atoms with Gasteiger partial charge in [-0.15, -0.1) is 0 Å². The molecule has 0 radical (unpaired) electrons. The molecule has 0 saturated carbocycles. The Morgan fingerprint density at radius 2 is 2.29 bits per heavy atom. The molecule has 0 aliphatic heterocycles. The topological polar surface area (TPSA) is 95.9 Å². The van der Waals surface area contributed by atoms with Gasteiger partial charge in [0.25, 0.3) is 0 Å². The fourth-order valence-electron chi connectivity index (χ4n) is 1.15. The highest BCUT2D eigenvalue weighted by Gasteiger charge is 2.10. The highest BCUT2D eigenvalue weighted by molar-refractivity contribution is 5.99. The van der Waals surface area contributed by atoms with Gasteiger partial charge in [0.15, 0.2) is 5.65 Å². The van der Waals surface area contributed by atoms with E-state index in [1.54, 1.807) is 6.07 Å². The van der Waals surface area contributed by atoms with Crippen LogP contribution in [0.3, 0.4) is 0 Å². The van der Waals surface area contributed by atoms with Gasteiger partial charge in [-0.2, -0.15) is 4.98 Å². The number of aromatic amines is 1. The van der Waals surface area contributed by atoms with Crippen molar-refractivity contribution in [1.82, 2.24) is 15.0 Å². The van der Waals surface area contributed by atoms with E-state index in [4.69, 9.17) is 5.11 Å². The molecule has 0 aromatic carbocycles. The lowest BCUT2D eigenvalue weighted by Gasteiger charge is -1.98. The third-order valence-electron chi connectivity index (χ3n) is 1.71. The van der Waals surface area contributed by atoms with E-state index < -0.39 is 11.7 Å². The van der Waals surface area contributed by atoms with Crippen molar-refractivity contribution in [2.75, 3.05) is 0 Å². The number of nitrogens with zero attached hydrogens (tertiary/aromatic N) is 2. The Morgan fingerprint density at radius 1 is 1.50 bits per heavy atom. The molecule has 0 aliphatic carbocycles. The van der Waals surface area contributed by atoms with Crippen molar-refractivity contribution in [1.29, 1.82) is 0 Å². The molecule has 0 bridgehead atoms. The molecular formula is C8H5N3O3. The summed E-state index contributed by atoms with van der Waals surface area (Å²) in [7, 11) is 0. The summed E-state index contributed by atoms with van der Waals surface area (Å²) in [6.07, 6.45) is 1.44. The van der Waals surface area contributed by atoms with E-state index in [1.807, 2.05) is 0 Å². The predicted molar refractivity (Wildman–Crippen MR) is 47.1 cm³/mol. The number of aromatic carboxylic acids is 1. The fraction of sp³-hybridized carbons (Fsp3) is 0. The second kappa shape index (κ2) is 2.91. The molecule has 14 heavy (non-hydrogen) atoms. The molecule has 70 valence electrons. The van der Waals surface area contributed by atoms with Crippen molar-refractivity contribution >= 4 is 17.0 Å². The van der Waals surface area contributed by atoms with Crippen molar-refractivity contribution in [3.63, 3.8) is 0 Å². The first-order valence-corrected chi connectivity index (χ1v) is 3.77. The van der Waals surface area contributed by atoms with Gasteiger partial charge < -0.3 is 5.11 Å². The van der Waals surface area contributed by atoms with E-state index in [0.29, 0.717) is 5.39 Å². The van der Waals surface area contributed by atoms with Crippen molar-refractivity contribution in [2.45, 2.75) is 0 Å². The number of nitrogens with one attached hydrogen (secondary N) is 1. The minimum absolute atomic E-state index is 0.133. The summed E-state index contributed by atoms with van der Waals surface area (Å²) in [5.74, 6) is -1.21. The Labute approximate surface area is 77.3 Å². The second-order valence-electron chi connectivity index (χ2n) is 2.60. The van der Waals surface area contributed by atoms with Crippen molar-refractivity contribution < 1.29 is 9.90 Å². The first-order valence-electron chi connectivity index (χ1n) is 3.77. The minimum atomic E-state index is -1.21. The molecule has 0 unspecified atom stereocenters. The van der Waals surface area contributed by atoms with E-state index in [2.05, 4.69) is 15.0 Å². The van der Waals surface area contributed by atoms with Crippen LogP contribution >= 0.6 is 0 Å².